The van der Waals surface area contributed by atoms with Crippen LogP contribution in [-0.4, -0.2) is 45.1 Å². The number of amides is 2. The fourth-order valence-corrected chi connectivity index (χ4v) is 4.66. The molecule has 6 rings (SSSR count). The minimum absolute atomic E-state index is 0.0517. The molecule has 2 amide bonds. The third kappa shape index (κ3) is 3.55. The average molecular weight is 454 g/mol. The predicted molar refractivity (Wildman–Crippen MR) is 129 cm³/mol. The lowest BCUT2D eigenvalue weighted by atomic mass is 10.1. The second kappa shape index (κ2) is 7.95. The molecule has 4 aromatic rings. The topological polar surface area (TPSA) is 100 Å². The summed E-state index contributed by atoms with van der Waals surface area (Å²) in [6.07, 6.45) is 5.91. The van der Waals surface area contributed by atoms with Crippen LogP contribution < -0.4 is 15.1 Å². The lowest BCUT2D eigenvalue weighted by Crippen LogP contribution is -2.48. The van der Waals surface area contributed by atoms with Gasteiger partial charge in [0, 0.05) is 49.2 Å². The first-order valence-electron chi connectivity index (χ1n) is 11.2. The van der Waals surface area contributed by atoms with Gasteiger partial charge in [0.2, 0.25) is 0 Å². The van der Waals surface area contributed by atoms with E-state index in [0.29, 0.717) is 23.2 Å². The molecule has 1 saturated heterocycles. The normalized spacial score (nSPS) is 16.5. The summed E-state index contributed by atoms with van der Waals surface area (Å²) in [5.41, 5.74) is 5.19. The Hall–Kier alpha value is -4.27. The van der Waals surface area contributed by atoms with Gasteiger partial charge in [-0.3, -0.25) is 15.2 Å². The second-order valence-electron chi connectivity index (χ2n) is 8.60. The van der Waals surface area contributed by atoms with E-state index >= 15 is 0 Å². The van der Waals surface area contributed by atoms with E-state index in [9.17, 15) is 4.79 Å². The number of urea groups is 1. The zero-order valence-corrected chi connectivity index (χ0v) is 18.9. The minimum atomic E-state index is -0.246. The summed E-state index contributed by atoms with van der Waals surface area (Å²) in [5.74, 6) is 1.70. The average Bonchev–Trinajstić information content (AvgIpc) is 3.46. The van der Waals surface area contributed by atoms with Crippen LogP contribution in [0.2, 0.25) is 0 Å². The largest absolute Gasteiger partial charge is 0.449 e. The highest BCUT2D eigenvalue weighted by Gasteiger charge is 2.40. The molecular formula is C25H23N7O2. The smallest absolute Gasteiger partial charge is 0.329 e. The van der Waals surface area contributed by atoms with Gasteiger partial charge in [-0.15, -0.1) is 0 Å². The summed E-state index contributed by atoms with van der Waals surface area (Å²) >= 11 is 0. The van der Waals surface area contributed by atoms with Crippen LogP contribution in [0.25, 0.3) is 22.5 Å². The molecule has 170 valence electrons. The SMILES string of the molecule is Cc1cc(-c2ccc3c(n2)N(C(=O)Nc2cc(-c4coc(C)n4)ccn2)[C@H]2CCN3C2)ccn1. The standard InChI is InChI=1S/C25H23N7O2/c1-15-11-17(5-8-26-15)20-3-4-22-24(29-20)32(19-7-10-31(22)13-19)25(33)30-23-12-18(6-9-27-23)21-14-34-16(2)28-21/h3-6,8-9,11-12,14,19H,7,10,13H2,1-2H3,(H,27,30,33)/t19-/m0/s1. The number of hydrogen-bond donors (Lipinski definition) is 1. The molecule has 1 fully saturated rings. The van der Waals surface area contributed by atoms with Gasteiger partial charge in [-0.05, 0) is 49.7 Å². The van der Waals surface area contributed by atoms with Crippen molar-refractivity contribution in [1.29, 1.82) is 0 Å². The molecule has 2 bridgehead atoms. The highest BCUT2D eigenvalue weighted by molar-refractivity contribution is 6.04. The fourth-order valence-electron chi connectivity index (χ4n) is 4.66. The zero-order chi connectivity index (χ0) is 23.2. The first-order valence-corrected chi connectivity index (χ1v) is 11.2. The van der Waals surface area contributed by atoms with Gasteiger partial charge in [0.15, 0.2) is 11.7 Å². The number of anilines is 3. The van der Waals surface area contributed by atoms with E-state index < -0.39 is 0 Å². The molecule has 4 aromatic heterocycles. The van der Waals surface area contributed by atoms with Gasteiger partial charge in [0.1, 0.15) is 17.8 Å². The van der Waals surface area contributed by atoms with E-state index in [1.165, 1.54) is 0 Å². The van der Waals surface area contributed by atoms with Crippen LogP contribution in [0.15, 0.2) is 59.5 Å². The Morgan fingerprint density at radius 1 is 1.03 bits per heavy atom. The van der Waals surface area contributed by atoms with Gasteiger partial charge in [-0.2, -0.15) is 0 Å². The third-order valence-electron chi connectivity index (χ3n) is 6.27. The Labute approximate surface area is 196 Å². The molecule has 0 radical (unpaired) electrons. The number of fused-ring (bicyclic) bond motifs is 4. The van der Waals surface area contributed by atoms with Crippen LogP contribution in [0.1, 0.15) is 18.0 Å². The van der Waals surface area contributed by atoms with Crippen molar-refractivity contribution in [2.24, 2.45) is 0 Å². The van der Waals surface area contributed by atoms with Crippen molar-refractivity contribution in [3.05, 3.63) is 66.6 Å². The summed E-state index contributed by atoms with van der Waals surface area (Å²) in [6, 6.07) is 11.4. The number of rotatable bonds is 3. The van der Waals surface area contributed by atoms with Gasteiger partial charge in [0.25, 0.3) is 0 Å². The maximum atomic E-state index is 13.5. The summed E-state index contributed by atoms with van der Waals surface area (Å²) in [4.78, 5) is 35.5. The van der Waals surface area contributed by atoms with Gasteiger partial charge in [-0.25, -0.2) is 19.7 Å². The van der Waals surface area contributed by atoms with Gasteiger partial charge in [-0.1, -0.05) is 0 Å². The first-order chi connectivity index (χ1) is 16.5. The van der Waals surface area contributed by atoms with Crippen molar-refractivity contribution in [3.63, 3.8) is 0 Å². The van der Waals surface area contributed by atoms with Crippen LogP contribution in [0.5, 0.6) is 0 Å². The summed E-state index contributed by atoms with van der Waals surface area (Å²) < 4.78 is 5.32. The van der Waals surface area contributed by atoms with E-state index in [-0.39, 0.29) is 12.1 Å². The highest BCUT2D eigenvalue weighted by atomic mass is 16.3. The molecule has 0 aromatic carbocycles. The van der Waals surface area contributed by atoms with E-state index in [1.54, 1.807) is 36.5 Å². The molecule has 1 atom stereocenters. The maximum absolute atomic E-state index is 13.5. The quantitative estimate of drug-likeness (QED) is 0.489. The van der Waals surface area contributed by atoms with Gasteiger partial charge >= 0.3 is 6.03 Å². The Balaban J connectivity index is 1.33. The maximum Gasteiger partial charge on any atom is 0.329 e. The van der Waals surface area contributed by atoms with E-state index in [1.807, 2.05) is 31.2 Å². The van der Waals surface area contributed by atoms with Crippen LogP contribution in [0.4, 0.5) is 22.1 Å². The number of pyridine rings is 3. The molecule has 34 heavy (non-hydrogen) atoms. The molecule has 0 aliphatic carbocycles. The zero-order valence-electron chi connectivity index (χ0n) is 18.9. The molecule has 1 N–H and O–H groups in total. The number of nitrogens with zero attached hydrogens (tertiary/aromatic N) is 6. The summed E-state index contributed by atoms with van der Waals surface area (Å²) in [6.45, 7) is 5.44. The van der Waals surface area contributed by atoms with Crippen molar-refractivity contribution < 1.29 is 9.21 Å². The van der Waals surface area contributed by atoms with E-state index in [2.05, 4.69) is 31.2 Å². The number of hydrogen-bond acceptors (Lipinski definition) is 7. The molecule has 9 nitrogen and oxygen atoms in total. The summed E-state index contributed by atoms with van der Waals surface area (Å²) in [7, 11) is 0. The number of carbonyl (C=O) groups excluding carboxylic acids is 1. The van der Waals surface area contributed by atoms with Crippen LogP contribution in [-0.2, 0) is 0 Å². The molecule has 2 aliphatic rings. The van der Waals surface area contributed by atoms with Crippen LogP contribution in [0, 0.1) is 13.8 Å². The predicted octanol–water partition coefficient (Wildman–Crippen LogP) is 4.44. The van der Waals surface area contributed by atoms with Crippen molar-refractivity contribution >= 4 is 23.4 Å². The Kier molecular flexibility index (Phi) is 4.75. The number of oxazole rings is 1. The number of aromatic nitrogens is 4. The van der Waals surface area contributed by atoms with Crippen molar-refractivity contribution in [3.8, 4) is 22.5 Å². The molecule has 9 heteroatoms. The van der Waals surface area contributed by atoms with Gasteiger partial charge in [0.05, 0.1) is 17.4 Å². The van der Waals surface area contributed by atoms with Gasteiger partial charge < -0.3 is 9.32 Å². The number of aryl methyl sites for hydroxylation is 2. The number of nitrogens with one attached hydrogen (secondary N) is 1. The minimum Gasteiger partial charge on any atom is -0.449 e. The number of carbonyl (C=O) groups is 1. The lowest BCUT2D eigenvalue weighted by Gasteiger charge is -2.35. The second-order valence-corrected chi connectivity index (χ2v) is 8.60. The molecule has 0 spiro atoms. The van der Waals surface area contributed by atoms with Crippen molar-refractivity contribution in [2.45, 2.75) is 26.3 Å². The lowest BCUT2D eigenvalue weighted by molar-refractivity contribution is 0.254. The Morgan fingerprint density at radius 3 is 2.65 bits per heavy atom. The molecule has 0 saturated carbocycles. The van der Waals surface area contributed by atoms with Crippen molar-refractivity contribution in [1.82, 2.24) is 19.9 Å². The van der Waals surface area contributed by atoms with E-state index in [4.69, 9.17) is 9.40 Å². The molecule has 2 aliphatic heterocycles. The monoisotopic (exact) mass is 453 g/mol. The molecule has 6 heterocycles. The fraction of sp³-hybridized carbons (Fsp3) is 0.240. The van der Waals surface area contributed by atoms with Crippen molar-refractivity contribution in [2.75, 3.05) is 28.2 Å². The molecular weight excluding hydrogens is 430 g/mol. The third-order valence-corrected chi connectivity index (χ3v) is 6.27. The van der Waals surface area contributed by atoms with Crippen LogP contribution in [0.3, 0.4) is 0 Å². The Bertz CT molecular complexity index is 1400. The van der Waals surface area contributed by atoms with Crippen LogP contribution >= 0.6 is 0 Å². The summed E-state index contributed by atoms with van der Waals surface area (Å²) in [5, 5.41) is 2.97. The first kappa shape index (κ1) is 20.3. The molecule has 0 unspecified atom stereocenters. The Morgan fingerprint density at radius 2 is 1.85 bits per heavy atom. The highest BCUT2D eigenvalue weighted by Crippen LogP contribution is 2.40. The van der Waals surface area contributed by atoms with E-state index in [0.717, 1.165) is 47.7 Å².